The van der Waals surface area contributed by atoms with Crippen molar-refractivity contribution in [3.05, 3.63) is 0 Å². The largest absolute Gasteiger partial charge is 0.480 e. The van der Waals surface area contributed by atoms with Gasteiger partial charge in [-0.2, -0.15) is 0 Å². The number of amides is 2. The summed E-state index contributed by atoms with van der Waals surface area (Å²) in [6.07, 6.45) is 3.79. The van der Waals surface area contributed by atoms with E-state index < -0.39 is 17.9 Å². The summed E-state index contributed by atoms with van der Waals surface area (Å²) < 4.78 is 0. The zero-order valence-corrected chi connectivity index (χ0v) is 11.6. The third-order valence-corrected chi connectivity index (χ3v) is 2.98. The Balaban J connectivity index is 4.22. The van der Waals surface area contributed by atoms with Gasteiger partial charge >= 0.3 is 5.97 Å². The maximum Gasteiger partial charge on any atom is 0.326 e. The Kier molecular flexibility index (Phi) is 8.57. The van der Waals surface area contributed by atoms with Gasteiger partial charge in [-0.25, -0.2) is 4.79 Å². The molecule has 0 saturated heterocycles. The predicted octanol–water partition coefficient (Wildman–Crippen LogP) is 1.04. The molecule has 2 amide bonds. The number of aliphatic carboxylic acids is 1. The van der Waals surface area contributed by atoms with E-state index in [-0.39, 0.29) is 24.7 Å². The number of carboxylic acid groups (broad SMARTS) is 1. The fraction of sp³-hybridized carbons (Fsp3) is 0.769. The number of rotatable bonds is 10. The summed E-state index contributed by atoms with van der Waals surface area (Å²) >= 11 is 0. The second-order valence-corrected chi connectivity index (χ2v) is 4.80. The van der Waals surface area contributed by atoms with Crippen molar-refractivity contribution in [3.63, 3.8) is 0 Å². The molecule has 0 bridgehead atoms. The number of hydrogen-bond acceptors (Lipinski definition) is 3. The summed E-state index contributed by atoms with van der Waals surface area (Å²) in [5.41, 5.74) is 4.97. The minimum atomic E-state index is -1.14. The van der Waals surface area contributed by atoms with Crippen LogP contribution in [0, 0.1) is 5.92 Å². The van der Waals surface area contributed by atoms with Crippen LogP contribution >= 0.6 is 0 Å². The van der Waals surface area contributed by atoms with Gasteiger partial charge < -0.3 is 16.2 Å². The van der Waals surface area contributed by atoms with E-state index in [0.717, 1.165) is 25.7 Å². The van der Waals surface area contributed by atoms with Gasteiger partial charge in [-0.3, -0.25) is 9.59 Å². The SMILES string of the molecule is CCCCCC(C)C(=O)NC(CCC(N)=O)C(=O)O. The van der Waals surface area contributed by atoms with Gasteiger partial charge in [0.1, 0.15) is 6.04 Å². The normalized spacial score (nSPS) is 13.6. The first kappa shape index (κ1) is 17.4. The molecule has 6 nitrogen and oxygen atoms in total. The highest BCUT2D eigenvalue weighted by Gasteiger charge is 2.22. The van der Waals surface area contributed by atoms with E-state index >= 15 is 0 Å². The molecule has 110 valence electrons. The number of nitrogens with two attached hydrogens (primary N) is 1. The van der Waals surface area contributed by atoms with Gasteiger partial charge in [-0.1, -0.05) is 33.1 Å². The van der Waals surface area contributed by atoms with E-state index in [4.69, 9.17) is 10.8 Å². The maximum atomic E-state index is 11.8. The molecule has 0 rings (SSSR count). The van der Waals surface area contributed by atoms with Crippen LogP contribution in [0.1, 0.15) is 52.4 Å². The molecule has 4 N–H and O–H groups in total. The zero-order valence-electron chi connectivity index (χ0n) is 11.6. The summed E-state index contributed by atoms with van der Waals surface area (Å²) in [5.74, 6) is -2.22. The molecule has 0 aliphatic carbocycles. The molecule has 0 aromatic heterocycles. The number of unbranched alkanes of at least 4 members (excludes halogenated alkanes) is 2. The van der Waals surface area contributed by atoms with E-state index in [0.29, 0.717) is 0 Å². The minimum Gasteiger partial charge on any atom is -0.480 e. The summed E-state index contributed by atoms with van der Waals surface area (Å²) in [6, 6.07) is -1.05. The second kappa shape index (κ2) is 9.35. The summed E-state index contributed by atoms with van der Waals surface area (Å²) in [4.78, 5) is 33.4. The summed E-state index contributed by atoms with van der Waals surface area (Å²) in [6.45, 7) is 3.85. The molecule has 0 aliphatic rings. The lowest BCUT2D eigenvalue weighted by atomic mass is 10.0. The third kappa shape index (κ3) is 8.18. The number of primary amides is 1. The Morgan fingerprint density at radius 1 is 1.21 bits per heavy atom. The monoisotopic (exact) mass is 272 g/mol. The van der Waals surface area contributed by atoms with Crippen molar-refractivity contribution < 1.29 is 19.5 Å². The molecule has 2 unspecified atom stereocenters. The van der Waals surface area contributed by atoms with Gasteiger partial charge in [-0.05, 0) is 12.8 Å². The van der Waals surface area contributed by atoms with Gasteiger partial charge in [0, 0.05) is 12.3 Å². The third-order valence-electron chi connectivity index (χ3n) is 2.98. The minimum absolute atomic E-state index is 0.0259. The van der Waals surface area contributed by atoms with Crippen molar-refractivity contribution in [1.82, 2.24) is 5.32 Å². The smallest absolute Gasteiger partial charge is 0.326 e. The van der Waals surface area contributed by atoms with Crippen molar-refractivity contribution in [2.24, 2.45) is 11.7 Å². The Labute approximate surface area is 113 Å². The molecule has 0 aromatic rings. The molecular formula is C13H24N2O4. The van der Waals surface area contributed by atoms with E-state index in [9.17, 15) is 14.4 Å². The second-order valence-electron chi connectivity index (χ2n) is 4.80. The first-order valence-corrected chi connectivity index (χ1v) is 6.70. The fourth-order valence-electron chi connectivity index (χ4n) is 1.69. The van der Waals surface area contributed by atoms with Crippen LogP contribution in [-0.4, -0.2) is 28.9 Å². The van der Waals surface area contributed by atoms with Crippen LogP contribution in [-0.2, 0) is 14.4 Å². The van der Waals surface area contributed by atoms with Crippen LogP contribution < -0.4 is 11.1 Å². The number of carboxylic acids is 1. The van der Waals surface area contributed by atoms with Crippen molar-refractivity contribution in [3.8, 4) is 0 Å². The van der Waals surface area contributed by atoms with E-state index in [1.165, 1.54) is 0 Å². The Hall–Kier alpha value is -1.59. The van der Waals surface area contributed by atoms with E-state index in [2.05, 4.69) is 12.2 Å². The number of carbonyl (C=O) groups is 3. The van der Waals surface area contributed by atoms with Crippen LogP contribution in [0.2, 0.25) is 0 Å². The van der Waals surface area contributed by atoms with Gasteiger partial charge in [-0.15, -0.1) is 0 Å². The molecule has 0 radical (unpaired) electrons. The Bertz CT molecular complexity index is 318. The van der Waals surface area contributed by atoms with Gasteiger partial charge in [0.05, 0.1) is 0 Å². The van der Waals surface area contributed by atoms with Crippen LogP contribution in [0.4, 0.5) is 0 Å². The number of hydrogen-bond donors (Lipinski definition) is 3. The lowest BCUT2D eigenvalue weighted by molar-refractivity contribution is -0.142. The van der Waals surface area contributed by atoms with Crippen molar-refractivity contribution in [2.75, 3.05) is 0 Å². The molecule has 0 aromatic carbocycles. The molecule has 0 aliphatic heterocycles. The quantitative estimate of drug-likeness (QED) is 0.516. The Morgan fingerprint density at radius 3 is 2.32 bits per heavy atom. The first-order chi connectivity index (χ1) is 8.88. The van der Waals surface area contributed by atoms with Crippen molar-refractivity contribution in [1.29, 1.82) is 0 Å². The highest BCUT2D eigenvalue weighted by Crippen LogP contribution is 2.10. The average Bonchev–Trinajstić information content (AvgIpc) is 2.33. The van der Waals surface area contributed by atoms with Gasteiger partial charge in [0.2, 0.25) is 11.8 Å². The molecule has 0 heterocycles. The van der Waals surface area contributed by atoms with E-state index in [1.54, 1.807) is 6.92 Å². The van der Waals surface area contributed by atoms with Crippen LogP contribution in [0.5, 0.6) is 0 Å². The highest BCUT2D eigenvalue weighted by molar-refractivity contribution is 5.85. The lowest BCUT2D eigenvalue weighted by Crippen LogP contribution is -2.43. The topological polar surface area (TPSA) is 109 Å². The highest BCUT2D eigenvalue weighted by atomic mass is 16.4. The van der Waals surface area contributed by atoms with Gasteiger partial charge in [0.25, 0.3) is 0 Å². The van der Waals surface area contributed by atoms with E-state index in [1.807, 2.05) is 0 Å². The lowest BCUT2D eigenvalue weighted by Gasteiger charge is -2.17. The van der Waals surface area contributed by atoms with Gasteiger partial charge in [0.15, 0.2) is 0 Å². The average molecular weight is 272 g/mol. The number of carbonyl (C=O) groups excluding carboxylic acids is 2. The molecular weight excluding hydrogens is 248 g/mol. The molecule has 2 atom stereocenters. The van der Waals surface area contributed by atoms with Crippen molar-refractivity contribution >= 4 is 17.8 Å². The standard InChI is InChI=1S/C13H24N2O4/c1-3-4-5-6-9(2)12(17)15-10(13(18)19)7-8-11(14)16/h9-10H,3-8H2,1-2H3,(H2,14,16)(H,15,17)(H,18,19). The Morgan fingerprint density at radius 2 is 1.84 bits per heavy atom. The van der Waals surface area contributed by atoms with Crippen LogP contribution in [0.3, 0.4) is 0 Å². The zero-order chi connectivity index (χ0) is 14.8. The maximum absolute atomic E-state index is 11.8. The summed E-state index contributed by atoms with van der Waals surface area (Å²) in [7, 11) is 0. The predicted molar refractivity (Wildman–Crippen MR) is 71.3 cm³/mol. The molecule has 19 heavy (non-hydrogen) atoms. The number of nitrogens with one attached hydrogen (secondary N) is 1. The first-order valence-electron chi connectivity index (χ1n) is 6.70. The van der Waals surface area contributed by atoms with Crippen molar-refractivity contribution in [2.45, 2.75) is 58.4 Å². The van der Waals surface area contributed by atoms with Crippen LogP contribution in [0.15, 0.2) is 0 Å². The fourth-order valence-corrected chi connectivity index (χ4v) is 1.69. The molecule has 0 saturated carbocycles. The molecule has 0 spiro atoms. The molecule has 6 heteroatoms. The molecule has 0 fully saturated rings. The van der Waals surface area contributed by atoms with Crippen LogP contribution in [0.25, 0.3) is 0 Å². The summed E-state index contributed by atoms with van der Waals surface area (Å²) in [5, 5.41) is 11.4.